The number of fused-ring (bicyclic) bond motifs is 1. The van der Waals surface area contributed by atoms with Crippen LogP contribution in [0.15, 0.2) is 5.03 Å². The fourth-order valence-electron chi connectivity index (χ4n) is 3.75. The van der Waals surface area contributed by atoms with Gasteiger partial charge in [0.2, 0.25) is 0 Å². The molecule has 6 heteroatoms. The van der Waals surface area contributed by atoms with Crippen molar-refractivity contribution in [1.82, 2.24) is 9.88 Å². The number of nitriles is 1. The van der Waals surface area contributed by atoms with Crippen molar-refractivity contribution in [3.05, 3.63) is 16.7 Å². The van der Waals surface area contributed by atoms with Crippen molar-refractivity contribution in [2.24, 2.45) is 0 Å². The van der Waals surface area contributed by atoms with Crippen LogP contribution < -0.4 is 4.90 Å². The zero-order valence-corrected chi connectivity index (χ0v) is 16.6. The Kier molecular flexibility index (Phi) is 5.57. The number of aromatic nitrogens is 1. The van der Waals surface area contributed by atoms with Gasteiger partial charge < -0.3 is 9.64 Å². The van der Waals surface area contributed by atoms with Gasteiger partial charge in [0, 0.05) is 38.2 Å². The Morgan fingerprint density at radius 1 is 1.24 bits per heavy atom. The van der Waals surface area contributed by atoms with Gasteiger partial charge in [0.25, 0.3) is 0 Å². The molecule has 0 aromatic carbocycles. The molecule has 5 nitrogen and oxygen atoms in total. The molecule has 2 aliphatic heterocycles. The molecule has 0 aliphatic carbocycles. The maximum atomic E-state index is 9.71. The first-order valence-electron chi connectivity index (χ1n) is 9.10. The quantitative estimate of drug-likeness (QED) is 0.769. The Balaban J connectivity index is 1.97. The summed E-state index contributed by atoms with van der Waals surface area (Å²) < 4.78 is 6.06. The SMILES string of the molecule is CCCN1CCN(c2nc(SC)c(C#N)c3c2COC(C)(C)C3)CC1. The maximum Gasteiger partial charge on any atom is 0.135 e. The molecule has 25 heavy (non-hydrogen) atoms. The van der Waals surface area contributed by atoms with Crippen LogP contribution in [0.4, 0.5) is 5.82 Å². The smallest absolute Gasteiger partial charge is 0.135 e. The molecule has 0 amide bonds. The normalized spacial score (nSPS) is 20.2. The molecule has 0 N–H and O–H groups in total. The lowest BCUT2D eigenvalue weighted by atomic mass is 9.89. The Morgan fingerprint density at radius 3 is 2.56 bits per heavy atom. The summed E-state index contributed by atoms with van der Waals surface area (Å²) in [5.41, 5.74) is 2.78. The molecule has 0 unspecified atom stereocenters. The molecule has 1 aromatic heterocycles. The number of rotatable bonds is 4. The molecule has 2 aliphatic rings. The van der Waals surface area contributed by atoms with Crippen molar-refractivity contribution >= 4 is 17.6 Å². The van der Waals surface area contributed by atoms with Crippen LogP contribution in [-0.2, 0) is 17.8 Å². The lowest BCUT2D eigenvalue weighted by Crippen LogP contribution is -2.47. The average molecular weight is 361 g/mol. The lowest BCUT2D eigenvalue weighted by Gasteiger charge is -2.39. The van der Waals surface area contributed by atoms with Crippen molar-refractivity contribution < 1.29 is 4.74 Å². The summed E-state index contributed by atoms with van der Waals surface area (Å²) in [4.78, 5) is 9.78. The van der Waals surface area contributed by atoms with Gasteiger partial charge in [-0.15, -0.1) is 11.8 Å². The minimum atomic E-state index is -0.229. The van der Waals surface area contributed by atoms with Gasteiger partial charge >= 0.3 is 0 Å². The second-order valence-corrected chi connectivity index (χ2v) is 8.24. The number of hydrogen-bond donors (Lipinski definition) is 0. The largest absolute Gasteiger partial charge is 0.370 e. The first kappa shape index (κ1) is 18.5. The zero-order valence-electron chi connectivity index (χ0n) is 15.8. The van der Waals surface area contributed by atoms with Gasteiger partial charge in [-0.3, -0.25) is 4.90 Å². The molecule has 0 bridgehead atoms. The van der Waals surface area contributed by atoms with Gasteiger partial charge in [0.05, 0.1) is 17.8 Å². The first-order valence-corrected chi connectivity index (χ1v) is 10.3. The van der Waals surface area contributed by atoms with Gasteiger partial charge in [-0.25, -0.2) is 4.98 Å². The molecule has 136 valence electrons. The number of pyridine rings is 1. The van der Waals surface area contributed by atoms with E-state index in [4.69, 9.17) is 9.72 Å². The standard InChI is InChI=1S/C19H28N4OS/c1-5-6-22-7-9-23(10-8-22)17-16-13-24-19(2,3)11-14(16)15(12-20)18(21-17)25-4/h5-11,13H2,1-4H3. The topological polar surface area (TPSA) is 52.4 Å². The fraction of sp³-hybridized carbons (Fsp3) is 0.684. The number of ether oxygens (including phenoxy) is 1. The molecule has 3 rings (SSSR count). The summed E-state index contributed by atoms with van der Waals surface area (Å²) in [6.07, 6.45) is 3.97. The van der Waals surface area contributed by atoms with Gasteiger partial charge in [0.15, 0.2) is 0 Å². The molecule has 0 spiro atoms. The van der Waals surface area contributed by atoms with Crippen molar-refractivity contribution in [1.29, 1.82) is 5.26 Å². The van der Waals surface area contributed by atoms with E-state index >= 15 is 0 Å². The van der Waals surface area contributed by atoms with Crippen LogP contribution in [-0.4, -0.2) is 54.5 Å². The van der Waals surface area contributed by atoms with Crippen molar-refractivity contribution in [3.63, 3.8) is 0 Å². The molecule has 1 aromatic rings. The van der Waals surface area contributed by atoms with E-state index in [0.29, 0.717) is 6.61 Å². The second-order valence-electron chi connectivity index (χ2n) is 7.44. The van der Waals surface area contributed by atoms with Crippen molar-refractivity contribution in [3.8, 4) is 6.07 Å². The van der Waals surface area contributed by atoms with Crippen LogP contribution in [0.2, 0.25) is 0 Å². The predicted molar refractivity (Wildman–Crippen MR) is 102 cm³/mol. The Labute approximate surface area is 155 Å². The van der Waals surface area contributed by atoms with Crippen LogP contribution in [0.1, 0.15) is 43.9 Å². The molecule has 3 heterocycles. The summed E-state index contributed by atoms with van der Waals surface area (Å²) in [7, 11) is 0. The Morgan fingerprint density at radius 2 is 1.96 bits per heavy atom. The van der Waals surface area contributed by atoms with Gasteiger partial charge in [0.1, 0.15) is 16.9 Å². The summed E-state index contributed by atoms with van der Waals surface area (Å²) >= 11 is 1.57. The highest BCUT2D eigenvalue weighted by Crippen LogP contribution is 2.38. The van der Waals surface area contributed by atoms with E-state index in [9.17, 15) is 5.26 Å². The third kappa shape index (κ3) is 3.79. The molecule has 1 saturated heterocycles. The highest BCUT2D eigenvalue weighted by Gasteiger charge is 2.33. The van der Waals surface area contributed by atoms with Gasteiger partial charge in [-0.1, -0.05) is 6.92 Å². The van der Waals surface area contributed by atoms with Crippen LogP contribution in [0.3, 0.4) is 0 Å². The van der Waals surface area contributed by atoms with E-state index in [2.05, 4.69) is 36.6 Å². The molecular weight excluding hydrogens is 332 g/mol. The second kappa shape index (κ2) is 7.53. The summed E-state index contributed by atoms with van der Waals surface area (Å²) in [5, 5.41) is 10.6. The van der Waals surface area contributed by atoms with Crippen LogP contribution >= 0.6 is 11.8 Å². The van der Waals surface area contributed by atoms with Gasteiger partial charge in [-0.2, -0.15) is 5.26 Å². The van der Waals surface area contributed by atoms with Gasteiger partial charge in [-0.05, 0) is 38.6 Å². The number of anilines is 1. The zero-order chi connectivity index (χ0) is 18.0. The van der Waals surface area contributed by atoms with E-state index in [1.165, 1.54) is 13.0 Å². The summed E-state index contributed by atoms with van der Waals surface area (Å²) in [6.45, 7) is 12.3. The Hall–Kier alpha value is -1.29. The summed E-state index contributed by atoms with van der Waals surface area (Å²) in [5.74, 6) is 1.03. The molecule has 0 atom stereocenters. The highest BCUT2D eigenvalue weighted by atomic mass is 32.2. The van der Waals surface area contributed by atoms with Crippen LogP contribution in [0.5, 0.6) is 0 Å². The van der Waals surface area contributed by atoms with E-state index in [-0.39, 0.29) is 5.60 Å². The molecule has 1 fully saturated rings. The monoisotopic (exact) mass is 360 g/mol. The minimum absolute atomic E-state index is 0.229. The number of hydrogen-bond acceptors (Lipinski definition) is 6. The lowest BCUT2D eigenvalue weighted by molar-refractivity contribution is -0.0402. The summed E-state index contributed by atoms with van der Waals surface area (Å²) in [6, 6.07) is 2.40. The van der Waals surface area contributed by atoms with E-state index < -0.39 is 0 Å². The third-order valence-corrected chi connectivity index (χ3v) is 5.77. The van der Waals surface area contributed by atoms with Crippen LogP contribution in [0, 0.1) is 11.3 Å². The molecule has 0 saturated carbocycles. The van der Waals surface area contributed by atoms with E-state index in [1.807, 2.05) is 6.26 Å². The third-order valence-electron chi connectivity index (χ3n) is 5.08. The number of piperazine rings is 1. The van der Waals surface area contributed by atoms with Crippen molar-refractivity contribution in [2.75, 3.05) is 43.9 Å². The van der Waals surface area contributed by atoms with Crippen LogP contribution in [0.25, 0.3) is 0 Å². The average Bonchev–Trinajstić information content (AvgIpc) is 2.60. The first-order chi connectivity index (χ1) is 12.0. The minimum Gasteiger partial charge on any atom is -0.370 e. The number of thioether (sulfide) groups is 1. The fourth-order valence-corrected chi connectivity index (χ4v) is 4.30. The Bertz CT molecular complexity index is 675. The number of nitrogens with zero attached hydrogens (tertiary/aromatic N) is 4. The maximum absolute atomic E-state index is 9.71. The molecule has 0 radical (unpaired) electrons. The van der Waals surface area contributed by atoms with E-state index in [0.717, 1.165) is 60.1 Å². The van der Waals surface area contributed by atoms with Crippen molar-refractivity contribution in [2.45, 2.75) is 50.8 Å². The molecular formula is C19H28N4OS. The van der Waals surface area contributed by atoms with E-state index in [1.54, 1.807) is 11.8 Å². The predicted octanol–water partition coefficient (Wildman–Crippen LogP) is 3.06. The highest BCUT2D eigenvalue weighted by molar-refractivity contribution is 7.98.